The van der Waals surface area contributed by atoms with Gasteiger partial charge in [0.05, 0.1) is 0 Å². The van der Waals surface area contributed by atoms with Gasteiger partial charge in [-0.2, -0.15) is 57.1 Å². The zero-order chi connectivity index (χ0) is 20.5. The highest BCUT2D eigenvalue weighted by Gasteiger charge is 2.90. The molecule has 152 valence electrons. The number of hydrogen-bond donors (Lipinski definition) is 1. The molecule has 0 aliphatic heterocycles. The second kappa shape index (κ2) is 6.99. The highest BCUT2D eigenvalue weighted by atomic mass is 19.4. The molecular weight excluding hydrogens is 395 g/mol. The van der Waals surface area contributed by atoms with Crippen LogP contribution in [0.5, 0.6) is 0 Å². The molecule has 1 N–H and O–H groups in total. The highest BCUT2D eigenvalue weighted by Crippen LogP contribution is 2.60. The van der Waals surface area contributed by atoms with Crippen molar-refractivity contribution < 1.29 is 62.2 Å². The summed E-state index contributed by atoms with van der Waals surface area (Å²) in [5.74, 6) is -36.5. The highest BCUT2D eigenvalue weighted by molar-refractivity contribution is 5.10. The SMILES string of the molecule is OCCCCCC(F)(F)C(F)(F)C(F)(F)C(F)(F)C(F)(F)C(F)(F)F. The zero-order valence-corrected chi connectivity index (χ0v) is 11.9. The van der Waals surface area contributed by atoms with Gasteiger partial charge in [-0.05, 0) is 12.8 Å². The number of aliphatic hydroxyl groups excluding tert-OH is 1. The molecule has 0 spiro atoms. The first-order chi connectivity index (χ1) is 10.8. The molecule has 0 saturated heterocycles. The summed E-state index contributed by atoms with van der Waals surface area (Å²) in [5, 5.41) is 8.31. The first kappa shape index (κ1) is 24.1. The average Bonchev–Trinajstić information content (AvgIpc) is 2.41. The van der Waals surface area contributed by atoms with Crippen LogP contribution in [0.25, 0.3) is 0 Å². The van der Waals surface area contributed by atoms with E-state index in [1.54, 1.807) is 0 Å². The standard InChI is InChI=1S/C11H11F13O/c12-6(13,4-2-1-3-5-25)7(14,15)8(16,17)9(18,19)10(20,21)11(22,23)24/h25H,1-5H2. The molecule has 0 saturated carbocycles. The number of unbranched alkanes of at least 4 members (excludes halogenated alkanes) is 2. The lowest BCUT2D eigenvalue weighted by molar-refractivity contribution is -0.440. The topological polar surface area (TPSA) is 20.2 Å². The van der Waals surface area contributed by atoms with Gasteiger partial charge in [-0.15, -0.1) is 0 Å². The van der Waals surface area contributed by atoms with E-state index in [1.807, 2.05) is 0 Å². The maximum atomic E-state index is 13.2. The Morgan fingerprint density at radius 3 is 1.24 bits per heavy atom. The van der Waals surface area contributed by atoms with Crippen molar-refractivity contribution in [3.63, 3.8) is 0 Å². The number of aliphatic hydroxyl groups is 1. The van der Waals surface area contributed by atoms with Gasteiger partial charge in [0.25, 0.3) is 0 Å². The van der Waals surface area contributed by atoms with E-state index >= 15 is 0 Å². The van der Waals surface area contributed by atoms with Crippen LogP contribution in [0.2, 0.25) is 0 Å². The van der Waals surface area contributed by atoms with Crippen LogP contribution >= 0.6 is 0 Å². The summed E-state index contributed by atoms with van der Waals surface area (Å²) in [6, 6.07) is 0. The summed E-state index contributed by atoms with van der Waals surface area (Å²) >= 11 is 0. The molecular formula is C11H11F13O. The van der Waals surface area contributed by atoms with Gasteiger partial charge in [-0.1, -0.05) is 6.42 Å². The Labute approximate surface area is 131 Å². The van der Waals surface area contributed by atoms with E-state index in [4.69, 9.17) is 5.11 Å². The smallest absolute Gasteiger partial charge is 0.396 e. The molecule has 25 heavy (non-hydrogen) atoms. The maximum absolute atomic E-state index is 13.2. The quantitative estimate of drug-likeness (QED) is 0.408. The van der Waals surface area contributed by atoms with Gasteiger partial charge in [-0.25, -0.2) is 0 Å². The van der Waals surface area contributed by atoms with Crippen molar-refractivity contribution >= 4 is 0 Å². The summed E-state index contributed by atoms with van der Waals surface area (Å²) in [6.45, 7) is -0.603. The Balaban J connectivity index is 5.79. The van der Waals surface area contributed by atoms with Gasteiger partial charge in [0.2, 0.25) is 0 Å². The number of halogens is 13. The largest absolute Gasteiger partial charge is 0.460 e. The van der Waals surface area contributed by atoms with Crippen molar-refractivity contribution in [3.05, 3.63) is 0 Å². The predicted molar refractivity (Wildman–Crippen MR) is 56.3 cm³/mol. The molecule has 0 aromatic heterocycles. The summed E-state index contributed by atoms with van der Waals surface area (Å²) in [5.41, 5.74) is 0. The molecule has 14 heteroatoms. The van der Waals surface area contributed by atoms with Crippen molar-refractivity contribution in [2.75, 3.05) is 6.61 Å². The first-order valence-electron chi connectivity index (χ1n) is 6.38. The third kappa shape index (κ3) is 3.92. The monoisotopic (exact) mass is 406 g/mol. The van der Waals surface area contributed by atoms with Crippen LogP contribution in [0.4, 0.5) is 57.1 Å². The minimum Gasteiger partial charge on any atom is -0.396 e. The fourth-order valence-corrected chi connectivity index (χ4v) is 1.59. The number of rotatable bonds is 9. The lowest BCUT2D eigenvalue weighted by atomic mass is 9.91. The number of alkyl halides is 13. The van der Waals surface area contributed by atoms with E-state index in [9.17, 15) is 57.1 Å². The summed E-state index contributed by atoms with van der Waals surface area (Å²) in [4.78, 5) is 0. The Bertz CT molecular complexity index is 440. The molecule has 0 radical (unpaired) electrons. The Hall–Kier alpha value is -0.950. The van der Waals surface area contributed by atoms with Crippen LogP contribution in [0.1, 0.15) is 25.7 Å². The molecule has 0 aliphatic rings. The van der Waals surface area contributed by atoms with Crippen LogP contribution in [-0.4, -0.2) is 47.5 Å². The Morgan fingerprint density at radius 1 is 0.480 bits per heavy atom. The molecule has 0 bridgehead atoms. The lowest BCUT2D eigenvalue weighted by Gasteiger charge is -2.39. The Morgan fingerprint density at radius 2 is 0.880 bits per heavy atom. The van der Waals surface area contributed by atoms with Gasteiger partial charge in [0.15, 0.2) is 0 Å². The maximum Gasteiger partial charge on any atom is 0.460 e. The zero-order valence-electron chi connectivity index (χ0n) is 11.9. The molecule has 0 aromatic rings. The van der Waals surface area contributed by atoms with Gasteiger partial charge >= 0.3 is 35.8 Å². The lowest BCUT2D eigenvalue weighted by Crippen LogP contribution is -2.70. The molecule has 0 fully saturated rings. The minimum atomic E-state index is -7.85. The second-order valence-corrected chi connectivity index (χ2v) is 5.03. The van der Waals surface area contributed by atoms with E-state index in [2.05, 4.69) is 0 Å². The van der Waals surface area contributed by atoms with Crippen LogP contribution in [-0.2, 0) is 0 Å². The van der Waals surface area contributed by atoms with Crippen molar-refractivity contribution in [1.82, 2.24) is 0 Å². The van der Waals surface area contributed by atoms with Crippen LogP contribution in [0.3, 0.4) is 0 Å². The normalized spacial score (nSPS) is 15.6. The Kier molecular flexibility index (Phi) is 6.72. The van der Waals surface area contributed by atoms with Crippen LogP contribution in [0, 0.1) is 0 Å². The molecule has 0 aromatic carbocycles. The van der Waals surface area contributed by atoms with Crippen molar-refractivity contribution in [3.8, 4) is 0 Å². The van der Waals surface area contributed by atoms with E-state index in [-0.39, 0.29) is 6.42 Å². The molecule has 0 rings (SSSR count). The van der Waals surface area contributed by atoms with E-state index in [0.717, 1.165) is 0 Å². The fraction of sp³-hybridized carbons (Fsp3) is 1.00. The van der Waals surface area contributed by atoms with Crippen LogP contribution < -0.4 is 0 Å². The van der Waals surface area contributed by atoms with Crippen molar-refractivity contribution in [1.29, 1.82) is 0 Å². The molecule has 1 nitrogen and oxygen atoms in total. The summed E-state index contributed by atoms with van der Waals surface area (Å²) in [7, 11) is 0. The predicted octanol–water partition coefficient (Wildman–Crippen LogP) is 5.28. The van der Waals surface area contributed by atoms with Gasteiger partial charge < -0.3 is 5.11 Å². The molecule has 0 amide bonds. The molecule has 0 unspecified atom stereocenters. The average molecular weight is 406 g/mol. The molecule has 0 atom stereocenters. The van der Waals surface area contributed by atoms with E-state index in [1.165, 1.54) is 0 Å². The fourth-order valence-electron chi connectivity index (χ4n) is 1.59. The van der Waals surface area contributed by atoms with Crippen LogP contribution in [0.15, 0.2) is 0 Å². The number of hydrogen-bond acceptors (Lipinski definition) is 1. The minimum absolute atomic E-state index is 0.250. The summed E-state index contributed by atoms with van der Waals surface area (Å²) < 4.78 is 165. The molecule has 0 aliphatic carbocycles. The summed E-state index contributed by atoms with van der Waals surface area (Å²) in [6.07, 6.45) is -11.3. The van der Waals surface area contributed by atoms with E-state index < -0.39 is 61.7 Å². The molecule has 0 heterocycles. The third-order valence-corrected chi connectivity index (χ3v) is 3.15. The van der Waals surface area contributed by atoms with Gasteiger partial charge in [-0.3, -0.25) is 0 Å². The van der Waals surface area contributed by atoms with Gasteiger partial charge in [0, 0.05) is 13.0 Å². The van der Waals surface area contributed by atoms with Gasteiger partial charge in [0.1, 0.15) is 0 Å². The van der Waals surface area contributed by atoms with E-state index in [0.29, 0.717) is 0 Å². The van der Waals surface area contributed by atoms with Crippen molar-refractivity contribution in [2.24, 2.45) is 0 Å². The second-order valence-electron chi connectivity index (χ2n) is 5.03. The third-order valence-electron chi connectivity index (χ3n) is 3.15. The van der Waals surface area contributed by atoms with Crippen molar-refractivity contribution in [2.45, 2.75) is 61.5 Å². The first-order valence-corrected chi connectivity index (χ1v) is 6.38.